The van der Waals surface area contributed by atoms with E-state index in [0.717, 1.165) is 29.2 Å². The number of carbonyl (C=O) groups is 1. The Morgan fingerprint density at radius 3 is 2.00 bits per heavy atom. The van der Waals surface area contributed by atoms with Gasteiger partial charge in [0.25, 0.3) is 0 Å². The molecule has 1 aliphatic heterocycles. The van der Waals surface area contributed by atoms with Crippen molar-refractivity contribution in [2.24, 2.45) is 0 Å². The summed E-state index contributed by atoms with van der Waals surface area (Å²) in [6.07, 6.45) is 1.78. The second-order valence-corrected chi connectivity index (χ2v) is 8.74. The highest BCUT2D eigenvalue weighted by Crippen LogP contribution is 2.45. The highest BCUT2D eigenvalue weighted by Gasteiger charge is 2.16. The minimum absolute atomic E-state index is 0.0291. The number of thiol groups is 1. The smallest absolute Gasteiger partial charge is 0.337 e. The first-order valence-electron chi connectivity index (χ1n) is 9.30. The van der Waals surface area contributed by atoms with Crippen LogP contribution in [-0.4, -0.2) is 11.1 Å². The van der Waals surface area contributed by atoms with Gasteiger partial charge in [0.1, 0.15) is 0 Å². The number of rotatable bonds is 6. The molecule has 1 aliphatic rings. The second kappa shape index (κ2) is 8.80. The van der Waals surface area contributed by atoms with Crippen LogP contribution in [0.2, 0.25) is 0 Å². The van der Waals surface area contributed by atoms with Crippen molar-refractivity contribution in [1.29, 1.82) is 0 Å². The number of carboxylic acids is 1. The molecule has 0 spiro atoms. The van der Waals surface area contributed by atoms with Crippen LogP contribution in [0.5, 0.6) is 0 Å². The lowest BCUT2D eigenvalue weighted by Crippen LogP contribution is -2.03. The largest absolute Gasteiger partial charge is 0.478 e. The summed E-state index contributed by atoms with van der Waals surface area (Å²) >= 11 is 0. The third kappa shape index (κ3) is 4.62. The number of nitrogens with one attached hydrogen (secondary N) is 2. The molecule has 3 aromatic rings. The number of allylic oxidation sites excluding steroid dienone is 1. The number of hydrogen-bond donors (Lipinski definition) is 4. The van der Waals surface area contributed by atoms with Gasteiger partial charge < -0.3 is 15.7 Å². The molecule has 164 valence electrons. The molecule has 32 heavy (non-hydrogen) atoms. The maximum atomic E-state index is 13.5. The van der Waals surface area contributed by atoms with Gasteiger partial charge in [-0.05, 0) is 64.3 Å². The molecule has 0 radical (unpaired) electrons. The van der Waals surface area contributed by atoms with Gasteiger partial charge in [0.15, 0.2) is 23.3 Å². The first kappa shape index (κ1) is 21.5. The lowest BCUT2D eigenvalue weighted by molar-refractivity contribution is 0.0697. The Bertz CT molecular complexity index is 1280. The number of hydrogen-bond acceptors (Lipinski definition) is 3. The first-order chi connectivity index (χ1) is 15.3. The van der Waals surface area contributed by atoms with E-state index in [-0.39, 0.29) is 16.9 Å². The fraction of sp³-hybridized carbons (Fsp3) is 0. The summed E-state index contributed by atoms with van der Waals surface area (Å²) in [6, 6.07) is 11.5. The average Bonchev–Trinajstić information content (AvgIpc) is 3.22. The van der Waals surface area contributed by atoms with Gasteiger partial charge in [-0.3, -0.25) is 0 Å². The van der Waals surface area contributed by atoms with Crippen LogP contribution in [-0.2, 0) is 0 Å². The molecule has 0 amide bonds. The molecule has 1 heterocycles. The molecule has 0 fully saturated rings. The van der Waals surface area contributed by atoms with E-state index >= 15 is 0 Å². The minimum Gasteiger partial charge on any atom is -0.478 e. The number of anilines is 3. The Balaban J connectivity index is 1.55. The van der Waals surface area contributed by atoms with E-state index in [1.54, 1.807) is 18.2 Å². The fourth-order valence-corrected chi connectivity index (χ4v) is 4.78. The second-order valence-electron chi connectivity index (χ2n) is 6.85. The van der Waals surface area contributed by atoms with Crippen molar-refractivity contribution in [3.05, 3.63) is 106 Å². The normalized spacial score (nSPS) is 16.0. The van der Waals surface area contributed by atoms with Gasteiger partial charge in [-0.25, -0.2) is 22.4 Å². The van der Waals surface area contributed by atoms with Crippen molar-refractivity contribution in [1.82, 2.24) is 0 Å². The zero-order chi connectivity index (χ0) is 22.8. The van der Waals surface area contributed by atoms with Crippen LogP contribution in [0.25, 0.3) is 0 Å². The predicted molar refractivity (Wildman–Crippen MR) is 117 cm³/mol. The SMILES string of the molecule is O=C(O)c1cc([SH]2C=CC(Nc3ccc(F)c(F)c3)=C2)ccc1Nc1ccc(F)c(F)c1. The van der Waals surface area contributed by atoms with Gasteiger partial charge in [0, 0.05) is 29.2 Å². The van der Waals surface area contributed by atoms with Crippen molar-refractivity contribution in [3.63, 3.8) is 0 Å². The van der Waals surface area contributed by atoms with Crippen LogP contribution in [0.1, 0.15) is 10.4 Å². The van der Waals surface area contributed by atoms with Crippen LogP contribution in [0.3, 0.4) is 0 Å². The van der Waals surface area contributed by atoms with Crippen LogP contribution < -0.4 is 10.6 Å². The molecule has 4 rings (SSSR count). The summed E-state index contributed by atoms with van der Waals surface area (Å²) in [7, 11) is -0.985. The molecule has 0 saturated carbocycles. The third-order valence-electron chi connectivity index (χ3n) is 4.63. The summed E-state index contributed by atoms with van der Waals surface area (Å²) in [4.78, 5) is 12.5. The topological polar surface area (TPSA) is 61.4 Å². The number of benzene rings is 3. The van der Waals surface area contributed by atoms with Crippen molar-refractivity contribution >= 4 is 33.9 Å². The van der Waals surface area contributed by atoms with Gasteiger partial charge in [-0.15, -0.1) is 0 Å². The Morgan fingerprint density at radius 2 is 1.41 bits per heavy atom. The summed E-state index contributed by atoms with van der Waals surface area (Å²) < 4.78 is 53.1. The van der Waals surface area contributed by atoms with E-state index in [1.165, 1.54) is 18.2 Å². The molecule has 1 unspecified atom stereocenters. The average molecular weight is 460 g/mol. The third-order valence-corrected chi connectivity index (χ3v) is 6.53. The van der Waals surface area contributed by atoms with Crippen LogP contribution in [0.4, 0.5) is 34.6 Å². The van der Waals surface area contributed by atoms with Crippen molar-refractivity contribution < 1.29 is 27.5 Å². The van der Waals surface area contributed by atoms with E-state index in [1.807, 2.05) is 10.8 Å². The van der Waals surface area contributed by atoms with Gasteiger partial charge in [-0.1, -0.05) is 0 Å². The van der Waals surface area contributed by atoms with E-state index in [2.05, 4.69) is 10.6 Å². The predicted octanol–water partition coefficient (Wildman–Crippen LogP) is 6.53. The molecule has 9 heteroatoms. The van der Waals surface area contributed by atoms with Crippen molar-refractivity contribution in [2.45, 2.75) is 4.90 Å². The van der Waals surface area contributed by atoms with Gasteiger partial charge in [0.05, 0.1) is 11.3 Å². The molecule has 3 aromatic carbocycles. The summed E-state index contributed by atoms with van der Waals surface area (Å²) in [5.74, 6) is -5.13. The summed E-state index contributed by atoms with van der Waals surface area (Å²) in [5.41, 5.74) is 1.47. The number of halogens is 4. The summed E-state index contributed by atoms with van der Waals surface area (Å²) in [5, 5.41) is 19.2. The first-order valence-corrected chi connectivity index (χ1v) is 10.8. The zero-order valence-corrected chi connectivity index (χ0v) is 17.1. The zero-order valence-electron chi connectivity index (χ0n) is 16.2. The van der Waals surface area contributed by atoms with Crippen molar-refractivity contribution in [3.8, 4) is 0 Å². The number of aromatic carboxylic acids is 1. The molecule has 0 bridgehead atoms. The van der Waals surface area contributed by atoms with Gasteiger partial charge in [0.2, 0.25) is 0 Å². The monoisotopic (exact) mass is 460 g/mol. The lowest BCUT2D eigenvalue weighted by Gasteiger charge is -2.15. The van der Waals surface area contributed by atoms with Crippen LogP contribution >= 0.6 is 10.9 Å². The summed E-state index contributed by atoms with van der Waals surface area (Å²) in [6.45, 7) is 0. The Hall–Kier alpha value is -3.72. The van der Waals surface area contributed by atoms with E-state index < -0.39 is 40.1 Å². The molecular formula is C23H16F4N2O2S. The Morgan fingerprint density at radius 1 is 0.781 bits per heavy atom. The molecule has 3 N–H and O–H groups in total. The Kier molecular flexibility index (Phi) is 5.91. The van der Waals surface area contributed by atoms with Crippen molar-refractivity contribution in [2.75, 3.05) is 10.6 Å². The standard InChI is InChI=1S/C23H16F4N2O2S/c24-18-4-1-13(9-20(18)26)28-15-7-8-32(12-15)16-3-6-22(17(11-16)23(30)31)29-14-2-5-19(25)21(27)10-14/h1-12,28-29,32H,(H,30,31). The molecule has 4 nitrogen and oxygen atoms in total. The molecular weight excluding hydrogens is 444 g/mol. The minimum atomic E-state index is -1.18. The lowest BCUT2D eigenvalue weighted by atomic mass is 10.1. The highest BCUT2D eigenvalue weighted by atomic mass is 32.2. The van der Waals surface area contributed by atoms with E-state index in [0.29, 0.717) is 11.4 Å². The van der Waals surface area contributed by atoms with E-state index in [9.17, 15) is 27.5 Å². The van der Waals surface area contributed by atoms with Gasteiger partial charge in [-0.2, -0.15) is 10.9 Å². The molecule has 0 saturated heterocycles. The fourth-order valence-electron chi connectivity index (χ4n) is 3.08. The molecule has 1 atom stereocenters. The van der Waals surface area contributed by atoms with E-state index in [4.69, 9.17) is 0 Å². The Labute approximate surface area is 183 Å². The van der Waals surface area contributed by atoms with Crippen LogP contribution in [0, 0.1) is 23.3 Å². The molecule has 0 aromatic heterocycles. The highest BCUT2D eigenvalue weighted by molar-refractivity contribution is 8.22. The van der Waals surface area contributed by atoms with Gasteiger partial charge >= 0.3 is 5.97 Å². The number of carboxylic acid groups (broad SMARTS) is 1. The quantitative estimate of drug-likeness (QED) is 0.250. The molecule has 0 aliphatic carbocycles. The maximum Gasteiger partial charge on any atom is 0.337 e. The maximum absolute atomic E-state index is 13.5. The van der Waals surface area contributed by atoms with Crippen LogP contribution in [0.15, 0.2) is 82.1 Å².